The van der Waals surface area contributed by atoms with Gasteiger partial charge in [-0.1, -0.05) is 42.5 Å². The number of hydrogen-bond donors (Lipinski definition) is 2. The number of fused-ring (bicyclic) bond motifs is 1. The van der Waals surface area contributed by atoms with Gasteiger partial charge in [0, 0.05) is 16.8 Å². The first-order valence-electron chi connectivity index (χ1n) is 10.6. The summed E-state index contributed by atoms with van der Waals surface area (Å²) >= 11 is 0. The Balaban J connectivity index is 1.64. The van der Waals surface area contributed by atoms with Crippen molar-refractivity contribution in [1.29, 1.82) is 0 Å². The van der Waals surface area contributed by atoms with Crippen LogP contribution in [0, 0.1) is 0 Å². The fourth-order valence-corrected chi connectivity index (χ4v) is 4.21. The molecule has 1 amide bonds. The quantitative estimate of drug-likeness (QED) is 0.439. The number of ether oxygens (including phenoxy) is 1. The monoisotopic (exact) mass is 439 g/mol. The van der Waals surface area contributed by atoms with E-state index in [-0.39, 0.29) is 18.3 Å². The highest BCUT2D eigenvalue weighted by Crippen LogP contribution is 2.45. The molecule has 0 aliphatic carbocycles. The van der Waals surface area contributed by atoms with Crippen LogP contribution in [0.25, 0.3) is 11.3 Å². The Morgan fingerprint density at radius 2 is 1.82 bits per heavy atom. The van der Waals surface area contributed by atoms with Gasteiger partial charge in [-0.2, -0.15) is 5.10 Å². The molecule has 0 fully saturated rings. The number of amides is 1. The molecule has 0 saturated carbocycles. The number of benzene rings is 3. The van der Waals surface area contributed by atoms with Gasteiger partial charge in [0.15, 0.2) is 0 Å². The van der Waals surface area contributed by atoms with Crippen LogP contribution in [0.5, 0.6) is 5.75 Å². The van der Waals surface area contributed by atoms with Crippen molar-refractivity contribution in [3.05, 3.63) is 101 Å². The Bertz CT molecular complexity index is 1330. The molecule has 3 aromatic carbocycles. The van der Waals surface area contributed by atoms with Crippen LogP contribution in [0.2, 0.25) is 0 Å². The molecule has 1 aliphatic heterocycles. The second-order valence-corrected chi connectivity index (χ2v) is 7.67. The maximum Gasteiger partial charge on any atom is 0.338 e. The molecule has 7 nitrogen and oxygen atoms in total. The summed E-state index contributed by atoms with van der Waals surface area (Å²) < 4.78 is 5.06. The number of anilines is 1. The van der Waals surface area contributed by atoms with E-state index < -0.39 is 12.0 Å². The van der Waals surface area contributed by atoms with Crippen molar-refractivity contribution in [3.63, 3.8) is 0 Å². The van der Waals surface area contributed by atoms with Crippen molar-refractivity contribution >= 4 is 17.6 Å². The summed E-state index contributed by atoms with van der Waals surface area (Å²) in [5, 5.41) is 17.5. The molecule has 1 atom stereocenters. The lowest BCUT2D eigenvalue weighted by Crippen LogP contribution is -2.29. The lowest BCUT2D eigenvalue weighted by molar-refractivity contribution is 0.0526. The molecule has 2 N–H and O–H groups in total. The van der Waals surface area contributed by atoms with Gasteiger partial charge in [-0.05, 0) is 48.9 Å². The number of phenols is 1. The molecule has 0 radical (unpaired) electrons. The Kier molecular flexibility index (Phi) is 5.14. The zero-order chi connectivity index (χ0) is 22.9. The predicted molar refractivity (Wildman–Crippen MR) is 123 cm³/mol. The van der Waals surface area contributed by atoms with E-state index in [4.69, 9.17) is 4.74 Å². The third-order valence-electron chi connectivity index (χ3n) is 5.66. The number of aromatic hydroxyl groups is 1. The number of esters is 1. The fourth-order valence-electron chi connectivity index (χ4n) is 4.21. The molecule has 5 rings (SSSR count). The number of rotatable bonds is 5. The molecule has 4 aromatic rings. The van der Waals surface area contributed by atoms with Crippen LogP contribution in [-0.2, 0) is 4.74 Å². The molecule has 0 spiro atoms. The van der Waals surface area contributed by atoms with Crippen LogP contribution in [-0.4, -0.2) is 33.8 Å². The maximum absolute atomic E-state index is 13.5. The van der Waals surface area contributed by atoms with Crippen molar-refractivity contribution in [2.45, 2.75) is 13.0 Å². The van der Waals surface area contributed by atoms with Crippen molar-refractivity contribution in [2.75, 3.05) is 11.5 Å². The summed E-state index contributed by atoms with van der Waals surface area (Å²) in [6.07, 6.45) is 0. The summed E-state index contributed by atoms with van der Waals surface area (Å²) in [4.78, 5) is 27.2. The van der Waals surface area contributed by atoms with Crippen molar-refractivity contribution in [2.24, 2.45) is 0 Å². The minimum atomic E-state index is -0.512. The minimum Gasteiger partial charge on any atom is -0.508 e. The Morgan fingerprint density at radius 3 is 2.52 bits per heavy atom. The van der Waals surface area contributed by atoms with Gasteiger partial charge in [0.1, 0.15) is 11.4 Å². The molecule has 1 aliphatic rings. The fraction of sp³-hybridized carbons (Fsp3) is 0.115. The van der Waals surface area contributed by atoms with Crippen molar-refractivity contribution in [3.8, 4) is 17.0 Å². The van der Waals surface area contributed by atoms with Gasteiger partial charge in [-0.15, -0.1) is 0 Å². The molecule has 2 heterocycles. The van der Waals surface area contributed by atoms with Gasteiger partial charge >= 0.3 is 5.97 Å². The Labute approximate surface area is 190 Å². The van der Waals surface area contributed by atoms with Crippen LogP contribution in [0.1, 0.15) is 44.9 Å². The molecule has 33 heavy (non-hydrogen) atoms. The SMILES string of the molecule is CCOC(=O)c1ccc(N2C(=O)c3[nH]nc(-c4ccccc4)c3[C@H]2c2cccc(O)c2)cc1. The molecule has 0 unspecified atom stereocenters. The number of hydrogen-bond acceptors (Lipinski definition) is 5. The van der Waals surface area contributed by atoms with Crippen molar-refractivity contribution < 1.29 is 19.4 Å². The number of nitrogens with one attached hydrogen (secondary N) is 1. The third-order valence-corrected chi connectivity index (χ3v) is 5.66. The zero-order valence-corrected chi connectivity index (χ0v) is 17.9. The molecule has 7 heteroatoms. The topological polar surface area (TPSA) is 95.5 Å². The van der Waals surface area contributed by atoms with Crippen LogP contribution in [0.3, 0.4) is 0 Å². The number of nitrogens with zero attached hydrogens (tertiary/aromatic N) is 2. The van der Waals surface area contributed by atoms with Gasteiger partial charge in [-0.3, -0.25) is 14.8 Å². The molecule has 1 aromatic heterocycles. The van der Waals surface area contributed by atoms with E-state index in [2.05, 4.69) is 10.2 Å². The third kappa shape index (κ3) is 3.53. The zero-order valence-electron chi connectivity index (χ0n) is 17.9. The molecule has 0 saturated heterocycles. The summed E-state index contributed by atoms with van der Waals surface area (Å²) in [6, 6.07) is 22.7. The lowest BCUT2D eigenvalue weighted by atomic mass is 9.95. The molecular formula is C26H21N3O4. The highest BCUT2D eigenvalue weighted by atomic mass is 16.5. The number of carbonyl (C=O) groups excluding carboxylic acids is 2. The average Bonchev–Trinajstić information content (AvgIpc) is 3.39. The van der Waals surface area contributed by atoms with Gasteiger partial charge in [0.2, 0.25) is 0 Å². The number of phenolic OH excluding ortho intramolecular Hbond substituents is 1. The normalized spacial score (nSPS) is 14.9. The summed E-state index contributed by atoms with van der Waals surface area (Å²) in [5.74, 6) is -0.546. The first-order valence-corrected chi connectivity index (χ1v) is 10.6. The highest BCUT2D eigenvalue weighted by Gasteiger charge is 2.43. The maximum atomic E-state index is 13.5. The Hall–Kier alpha value is -4.39. The second-order valence-electron chi connectivity index (χ2n) is 7.67. The molecule has 0 bridgehead atoms. The van der Waals surface area contributed by atoms with E-state index in [1.54, 1.807) is 54.3 Å². The predicted octanol–water partition coefficient (Wildman–Crippen LogP) is 4.71. The number of H-pyrrole nitrogens is 1. The van der Waals surface area contributed by atoms with E-state index in [1.807, 2.05) is 36.4 Å². The number of carbonyl (C=O) groups is 2. The lowest BCUT2D eigenvalue weighted by Gasteiger charge is -2.26. The standard InChI is InChI=1S/C26H21N3O4/c1-2-33-26(32)17-11-13-19(14-12-17)29-24(18-9-6-10-20(30)15-18)21-22(16-7-4-3-5-8-16)27-28-23(21)25(29)31/h3-15,24,30H,2H2,1H3,(H,27,28)/t24-/m1/s1. The average molecular weight is 439 g/mol. The van der Waals surface area contributed by atoms with E-state index in [9.17, 15) is 14.7 Å². The van der Waals surface area contributed by atoms with E-state index in [0.717, 1.165) is 16.7 Å². The van der Waals surface area contributed by atoms with Crippen LogP contribution >= 0.6 is 0 Å². The summed E-state index contributed by atoms with van der Waals surface area (Å²) in [6.45, 7) is 2.04. The molecular weight excluding hydrogens is 418 g/mol. The van der Waals surface area contributed by atoms with E-state index in [1.165, 1.54) is 0 Å². The number of aromatic nitrogens is 2. The van der Waals surface area contributed by atoms with E-state index in [0.29, 0.717) is 22.6 Å². The van der Waals surface area contributed by atoms with Gasteiger partial charge in [-0.25, -0.2) is 4.79 Å². The van der Waals surface area contributed by atoms with Gasteiger partial charge < -0.3 is 9.84 Å². The first-order chi connectivity index (χ1) is 16.1. The van der Waals surface area contributed by atoms with Crippen LogP contribution in [0.4, 0.5) is 5.69 Å². The van der Waals surface area contributed by atoms with Gasteiger partial charge in [0.25, 0.3) is 5.91 Å². The largest absolute Gasteiger partial charge is 0.508 e. The van der Waals surface area contributed by atoms with E-state index >= 15 is 0 Å². The minimum absolute atomic E-state index is 0.107. The first kappa shape index (κ1) is 20.5. The Morgan fingerprint density at radius 1 is 1.06 bits per heavy atom. The highest BCUT2D eigenvalue weighted by molar-refractivity contribution is 6.12. The van der Waals surface area contributed by atoms with Crippen LogP contribution in [0.15, 0.2) is 78.9 Å². The second kappa shape index (κ2) is 8.27. The number of aromatic amines is 1. The smallest absolute Gasteiger partial charge is 0.338 e. The molecule has 164 valence electrons. The van der Waals surface area contributed by atoms with Crippen LogP contribution < -0.4 is 4.90 Å². The summed E-state index contributed by atoms with van der Waals surface area (Å²) in [5.41, 5.74) is 4.47. The van der Waals surface area contributed by atoms with Crippen molar-refractivity contribution in [1.82, 2.24) is 10.2 Å². The van der Waals surface area contributed by atoms with Gasteiger partial charge in [0.05, 0.1) is 23.9 Å². The summed E-state index contributed by atoms with van der Waals surface area (Å²) in [7, 11) is 0.